The summed E-state index contributed by atoms with van der Waals surface area (Å²) in [5.41, 5.74) is 20.8. The van der Waals surface area contributed by atoms with Crippen molar-refractivity contribution in [1.82, 2.24) is 0 Å². The quantitative estimate of drug-likeness (QED) is 0.0227. The third-order valence-electron chi connectivity index (χ3n) is 18.4. The van der Waals surface area contributed by atoms with Crippen molar-refractivity contribution in [3.05, 3.63) is 344 Å². The molecule has 0 amide bonds. The van der Waals surface area contributed by atoms with Crippen LogP contribution in [0.3, 0.4) is 0 Å². The van der Waals surface area contributed by atoms with Gasteiger partial charge >= 0.3 is 29.6 Å². The first kappa shape index (κ1) is 73.7. The summed E-state index contributed by atoms with van der Waals surface area (Å²) in [7, 11) is -0.446. The Morgan fingerprint density at radius 3 is 1.05 bits per heavy atom. The third kappa shape index (κ3) is 16.6. The van der Waals surface area contributed by atoms with Gasteiger partial charge in [-0.2, -0.15) is 0 Å². The summed E-state index contributed by atoms with van der Waals surface area (Å²) in [5, 5.41) is 45.6. The second-order valence-corrected chi connectivity index (χ2v) is 27.1. The van der Waals surface area contributed by atoms with Gasteiger partial charge in [0.05, 0.1) is 0 Å². The first-order valence-corrected chi connectivity index (χ1v) is 35.5. The standard InChI is InChI=1S/C47H46O2.C39H26Br2.C2H4O2.Na.H2O3P/c1-4-6-10-34-15-19-36(20-16-34)38-23-27-40(28-24-38)46(48)42-12-8-9-13-43(42)47(49,45-32-33(3)14-31-44(45)46)41-29-25-39(26-30-41)37-21-17-35(18-22-37)11-7-5-2;1-25-6-23-36-37(24-25)39(31-13-9-27(10-14-31)29-17-21-33(41)22-18-29)35-5-3-2-4-34(35)38(36)30-11-7-26(8-12-30)28-15-19-32(40)20-16-28;1-2(3)4;;1-3-4-2/h8-9,12-32,48-49H,4-7,10-11H2,1-3H3;2-24H,1H3;1H3,(H,3,4);;1-2H/q;;;+1;-1. The summed E-state index contributed by atoms with van der Waals surface area (Å²) in [5.74, 6) is -0.833. The topological polar surface area (TPSA) is 127 Å². The number of aliphatic carboxylic acids is 1. The monoisotopic (exact) mass is 1460 g/mol. The molecule has 14 rings (SSSR count). The number of carboxylic acid groups (broad SMARTS) is 1. The Hall–Kier alpha value is -7.96. The van der Waals surface area contributed by atoms with Crippen molar-refractivity contribution < 1.29 is 64.5 Å². The summed E-state index contributed by atoms with van der Waals surface area (Å²) in [6.07, 6.45) is 6.98. The summed E-state index contributed by atoms with van der Waals surface area (Å²) in [4.78, 5) is 16.4. The van der Waals surface area contributed by atoms with Crippen LogP contribution in [0.4, 0.5) is 0 Å². The molecular formula is C88H78Br2NaO7P. The maximum Gasteiger partial charge on any atom is 1.00 e. The largest absolute Gasteiger partial charge is 1.00 e. The van der Waals surface area contributed by atoms with Crippen molar-refractivity contribution in [2.24, 2.45) is 0 Å². The summed E-state index contributed by atoms with van der Waals surface area (Å²) in [6.45, 7) is 9.75. The Kier molecular flexibility index (Phi) is 25.3. The van der Waals surface area contributed by atoms with E-state index in [0.717, 1.165) is 67.7 Å². The minimum atomic E-state index is -1.45. The van der Waals surface area contributed by atoms with E-state index in [0.29, 0.717) is 22.3 Å². The molecule has 13 aromatic carbocycles. The van der Waals surface area contributed by atoms with Gasteiger partial charge in [-0.3, -0.25) is 10.1 Å². The fraction of sp³-hybridized carbons (Fsp3) is 0.148. The molecular weight excluding hydrogens is 1380 g/mol. The van der Waals surface area contributed by atoms with E-state index in [2.05, 4.69) is 270 Å². The van der Waals surface area contributed by atoms with Gasteiger partial charge in [0, 0.05) is 15.9 Å². The summed E-state index contributed by atoms with van der Waals surface area (Å²) < 4.78 is 5.25. The number of hydrogen-bond acceptors (Lipinski definition) is 6. The molecule has 11 heteroatoms. The van der Waals surface area contributed by atoms with E-state index in [4.69, 9.17) is 20.1 Å². The van der Waals surface area contributed by atoms with Crippen LogP contribution in [-0.2, 0) is 33.5 Å². The number of benzene rings is 13. The molecule has 0 bridgehead atoms. The van der Waals surface area contributed by atoms with Crippen LogP contribution in [0, 0.1) is 13.8 Å². The number of rotatable bonds is 15. The fourth-order valence-electron chi connectivity index (χ4n) is 13.5. The molecule has 0 aliphatic heterocycles. The van der Waals surface area contributed by atoms with Crippen LogP contribution in [0.5, 0.6) is 0 Å². The molecule has 0 radical (unpaired) electrons. The number of hydrogen-bond donors (Lipinski definition) is 5. The van der Waals surface area contributed by atoms with Gasteiger partial charge < -0.3 is 24.9 Å². The molecule has 2 unspecified atom stereocenters. The number of carbonyl (C=O) groups is 1. The summed E-state index contributed by atoms with van der Waals surface area (Å²) >= 11 is 7.10. The van der Waals surface area contributed by atoms with Crippen molar-refractivity contribution in [1.29, 1.82) is 0 Å². The second-order valence-electron chi connectivity index (χ2n) is 25.0. The molecule has 2 atom stereocenters. The van der Waals surface area contributed by atoms with E-state index in [9.17, 15) is 10.2 Å². The maximum atomic E-state index is 13.0. The number of aliphatic hydroxyl groups is 2. The number of halogens is 2. The number of fused-ring (bicyclic) bond motifs is 4. The van der Waals surface area contributed by atoms with Gasteiger partial charge in [0.15, 0.2) is 0 Å². The molecule has 13 aromatic rings. The normalized spacial score (nSPS) is 14.3. The Labute approximate surface area is 622 Å². The molecule has 1 aliphatic carbocycles. The van der Waals surface area contributed by atoms with Gasteiger partial charge in [0.1, 0.15) is 11.2 Å². The van der Waals surface area contributed by atoms with Crippen molar-refractivity contribution in [2.75, 3.05) is 0 Å². The van der Waals surface area contributed by atoms with E-state index >= 15 is 0 Å². The average Bonchev–Trinajstić information content (AvgIpc) is 0.704. The van der Waals surface area contributed by atoms with Crippen LogP contribution < -0.4 is 29.6 Å². The zero-order valence-electron chi connectivity index (χ0n) is 56.6. The molecule has 0 heterocycles. The van der Waals surface area contributed by atoms with E-state index in [1.807, 2.05) is 73.7 Å². The van der Waals surface area contributed by atoms with E-state index < -0.39 is 26.2 Å². The minimum Gasteiger partial charge on any atom is -0.539 e. The molecule has 1 aliphatic rings. The first-order chi connectivity index (χ1) is 47.5. The molecule has 99 heavy (non-hydrogen) atoms. The number of carboxylic acids is 1. The van der Waals surface area contributed by atoms with Crippen LogP contribution in [-0.4, -0.2) is 31.4 Å². The zero-order chi connectivity index (χ0) is 68.9. The van der Waals surface area contributed by atoms with Gasteiger partial charge in [-0.05, 0) is 197 Å². The van der Waals surface area contributed by atoms with Crippen molar-refractivity contribution >= 4 is 68.4 Å². The Morgan fingerprint density at radius 1 is 0.394 bits per heavy atom. The van der Waals surface area contributed by atoms with Gasteiger partial charge in [0.2, 0.25) is 0 Å². The average molecular weight is 1460 g/mol. The van der Waals surface area contributed by atoms with Crippen LogP contribution in [0.1, 0.15) is 102 Å². The predicted octanol–water partition coefficient (Wildman–Crippen LogP) is 20.7. The molecule has 0 spiro atoms. The van der Waals surface area contributed by atoms with Crippen molar-refractivity contribution in [3.63, 3.8) is 0 Å². The van der Waals surface area contributed by atoms with Gasteiger partial charge in [0.25, 0.3) is 5.97 Å². The first-order valence-electron chi connectivity index (χ1n) is 33.1. The number of unbranched alkanes of at least 4 members (excludes halogenated alkanes) is 2. The molecule has 0 fully saturated rings. The van der Waals surface area contributed by atoms with E-state index in [-0.39, 0.29) is 29.6 Å². The maximum absolute atomic E-state index is 13.0. The van der Waals surface area contributed by atoms with Crippen molar-refractivity contribution in [3.8, 4) is 66.8 Å². The van der Waals surface area contributed by atoms with Gasteiger partial charge in [-0.15, -0.1) is 0 Å². The Balaban J connectivity index is 0.000000194. The Bertz CT molecular complexity index is 4850. The van der Waals surface area contributed by atoms with Crippen molar-refractivity contribution in [2.45, 2.75) is 84.3 Å². The SMILES string of the molecule is CC(=O)O.CCCCc1ccc(-c2ccc(C3(O)c4ccccc4C(O)(c4ccc(-c5ccc(CCCC)cc5)cc4)c4cc(C)ccc43)cc2)cc1.Cc1ccc2c(-c3ccc(-c4ccc(Br)cc4)cc3)c3ccccc3c(-c3ccc(-c4ccc(Br)cc4)cc3)c2c1.OO[P-]O.[Na+]. The molecule has 0 saturated heterocycles. The van der Waals surface area contributed by atoms with E-state index in [1.54, 1.807) is 0 Å². The molecule has 5 N–H and O–H groups in total. The van der Waals surface area contributed by atoms with Crippen LogP contribution >= 0.6 is 40.9 Å². The molecule has 0 saturated carbocycles. The smallest absolute Gasteiger partial charge is 0.539 e. The number of aryl methyl sites for hydroxylation is 4. The summed E-state index contributed by atoms with van der Waals surface area (Å²) in [6, 6.07) is 98.8. The van der Waals surface area contributed by atoms with Crippen LogP contribution in [0.25, 0.3) is 88.3 Å². The van der Waals surface area contributed by atoms with Crippen LogP contribution in [0.15, 0.2) is 288 Å². The van der Waals surface area contributed by atoms with Crippen LogP contribution in [0.2, 0.25) is 0 Å². The predicted molar refractivity (Wildman–Crippen MR) is 412 cm³/mol. The second kappa shape index (κ2) is 33.9. The Morgan fingerprint density at radius 2 is 0.677 bits per heavy atom. The fourth-order valence-corrected chi connectivity index (χ4v) is 14.0. The van der Waals surface area contributed by atoms with E-state index in [1.165, 1.54) is 108 Å². The molecule has 0 aromatic heterocycles. The van der Waals surface area contributed by atoms with Gasteiger partial charge in [-0.25, -0.2) is 9.03 Å². The van der Waals surface area contributed by atoms with Gasteiger partial charge in [-0.1, -0.05) is 324 Å². The molecule has 492 valence electrons. The molecule has 7 nitrogen and oxygen atoms in total. The zero-order valence-corrected chi connectivity index (χ0v) is 62.6. The minimum absolute atomic E-state index is 0. The third-order valence-corrected chi connectivity index (χ3v) is 19.5.